The van der Waals surface area contributed by atoms with Crippen LogP contribution in [0.5, 0.6) is 0 Å². The normalized spacial score (nSPS) is 21.4. The molecule has 3 aromatic rings. The third-order valence-electron chi connectivity index (χ3n) is 9.34. The molecule has 9 nitrogen and oxygen atoms in total. The first-order valence-electron chi connectivity index (χ1n) is 15.3. The van der Waals surface area contributed by atoms with Crippen LogP contribution in [0.1, 0.15) is 66.8 Å². The number of hydrogen-bond donors (Lipinski definition) is 3. The molecule has 0 radical (unpaired) electrons. The molecule has 3 aliphatic rings. The number of halogens is 4. The van der Waals surface area contributed by atoms with E-state index < -0.39 is 29.7 Å². The third kappa shape index (κ3) is 5.94. The number of nitrogens with zero attached hydrogens (tertiary/aromatic N) is 2. The Morgan fingerprint density at radius 2 is 1.63 bits per heavy atom. The summed E-state index contributed by atoms with van der Waals surface area (Å²) in [5, 5.41) is 7.08. The van der Waals surface area contributed by atoms with Gasteiger partial charge in [-0.25, -0.2) is 4.39 Å². The molecule has 0 bridgehead atoms. The molecule has 244 valence electrons. The summed E-state index contributed by atoms with van der Waals surface area (Å²) < 4.78 is 53.8. The molecule has 2 aliphatic heterocycles. The van der Waals surface area contributed by atoms with Crippen LogP contribution in [0.15, 0.2) is 36.4 Å². The van der Waals surface area contributed by atoms with E-state index in [9.17, 15) is 36.7 Å². The van der Waals surface area contributed by atoms with Gasteiger partial charge >= 0.3 is 12.1 Å². The van der Waals surface area contributed by atoms with Gasteiger partial charge in [0.1, 0.15) is 5.82 Å². The van der Waals surface area contributed by atoms with Crippen LogP contribution in [-0.4, -0.2) is 64.4 Å². The van der Waals surface area contributed by atoms with Crippen molar-refractivity contribution in [3.63, 3.8) is 0 Å². The average molecular weight is 642 g/mol. The van der Waals surface area contributed by atoms with Gasteiger partial charge in [-0.05, 0) is 73.4 Å². The lowest BCUT2D eigenvalue weighted by atomic mass is 9.80. The van der Waals surface area contributed by atoms with Gasteiger partial charge in [-0.1, -0.05) is 19.9 Å². The SMILES string of the molecule is CC1(C)CC(=O)n2c(c(-c3ccc(C(N)=O)c(N[C@H]4CC[C@H](NC(=O)C5CN(C(=O)C(F)(F)F)C5)CC4)c3)c3ccc(F)cc32)C1. The van der Waals surface area contributed by atoms with Gasteiger partial charge in [0.05, 0.1) is 17.0 Å². The number of nitrogens with one attached hydrogen (secondary N) is 2. The number of primary amides is 1. The molecular weight excluding hydrogens is 606 g/mol. The summed E-state index contributed by atoms with van der Waals surface area (Å²) in [6, 6.07) is 9.45. The fourth-order valence-electron chi connectivity index (χ4n) is 7.04. The number of carbonyl (C=O) groups excluding carboxylic acids is 4. The molecule has 6 rings (SSSR count). The fraction of sp³-hybridized carbons (Fsp3) is 0.455. The second-order valence-corrected chi connectivity index (χ2v) is 13.5. The van der Waals surface area contributed by atoms with E-state index in [1.54, 1.807) is 22.8 Å². The first-order valence-corrected chi connectivity index (χ1v) is 15.3. The molecule has 1 aromatic heterocycles. The van der Waals surface area contributed by atoms with E-state index in [1.165, 1.54) is 12.1 Å². The van der Waals surface area contributed by atoms with Crippen LogP contribution in [0.25, 0.3) is 22.0 Å². The fourth-order valence-corrected chi connectivity index (χ4v) is 7.04. The van der Waals surface area contributed by atoms with Crippen molar-refractivity contribution in [2.75, 3.05) is 18.4 Å². The second-order valence-electron chi connectivity index (χ2n) is 13.5. The quantitative estimate of drug-likeness (QED) is 0.326. The Morgan fingerprint density at radius 3 is 2.28 bits per heavy atom. The maximum Gasteiger partial charge on any atom is 0.471 e. The lowest BCUT2D eigenvalue weighted by molar-refractivity contribution is -0.192. The molecule has 46 heavy (non-hydrogen) atoms. The summed E-state index contributed by atoms with van der Waals surface area (Å²) in [6.45, 7) is 3.53. The average Bonchev–Trinajstić information content (AvgIpc) is 3.24. The summed E-state index contributed by atoms with van der Waals surface area (Å²) in [4.78, 5) is 50.2. The van der Waals surface area contributed by atoms with E-state index in [0.29, 0.717) is 60.2 Å². The zero-order valence-electron chi connectivity index (χ0n) is 25.5. The number of anilines is 1. The van der Waals surface area contributed by atoms with Crippen LogP contribution in [-0.2, 0) is 16.0 Å². The van der Waals surface area contributed by atoms with E-state index in [1.807, 2.05) is 19.9 Å². The van der Waals surface area contributed by atoms with Crippen molar-refractivity contribution >= 4 is 40.2 Å². The number of nitrogens with two attached hydrogens (primary N) is 1. The van der Waals surface area contributed by atoms with Gasteiger partial charge < -0.3 is 21.3 Å². The van der Waals surface area contributed by atoms with Crippen molar-refractivity contribution in [3.05, 3.63) is 53.5 Å². The number of carbonyl (C=O) groups is 4. The number of alkyl halides is 3. The van der Waals surface area contributed by atoms with Crippen LogP contribution in [0.4, 0.5) is 23.2 Å². The Kier molecular flexibility index (Phi) is 7.84. The Bertz CT molecular complexity index is 1750. The van der Waals surface area contributed by atoms with E-state index in [4.69, 9.17) is 5.73 Å². The lowest BCUT2D eigenvalue weighted by Gasteiger charge is -2.39. The molecule has 1 saturated carbocycles. The molecule has 1 saturated heterocycles. The van der Waals surface area contributed by atoms with Crippen molar-refractivity contribution < 1.29 is 36.7 Å². The zero-order valence-corrected chi connectivity index (χ0v) is 25.5. The molecule has 4 N–H and O–H groups in total. The lowest BCUT2D eigenvalue weighted by Crippen LogP contribution is -2.59. The highest BCUT2D eigenvalue weighted by atomic mass is 19.4. The van der Waals surface area contributed by atoms with E-state index in [2.05, 4.69) is 10.6 Å². The van der Waals surface area contributed by atoms with Crippen LogP contribution >= 0.6 is 0 Å². The standard InChI is InChI=1S/C33H35F4N5O4/c1-32(2)13-26-28(23-10-4-19(34)12-25(23)42(26)27(43)14-32)17-3-9-22(29(38)44)24(11-17)39-20-5-7-21(8-6-20)40-30(45)18-15-41(16-18)31(46)33(35,36)37/h3-4,9-12,18,20-21,39H,5-8,13-16H2,1-2H3,(H2,38,44)(H,40,45)/t20-,21-. The summed E-state index contributed by atoms with van der Waals surface area (Å²) >= 11 is 0. The summed E-state index contributed by atoms with van der Waals surface area (Å²) in [6.07, 6.45) is -1.54. The molecular formula is C33H35F4N5O4. The van der Waals surface area contributed by atoms with Gasteiger partial charge in [-0.15, -0.1) is 0 Å². The van der Waals surface area contributed by atoms with Gasteiger partial charge in [-0.2, -0.15) is 13.2 Å². The molecule has 1 aliphatic carbocycles. The summed E-state index contributed by atoms with van der Waals surface area (Å²) in [5.41, 5.74) is 9.09. The number of benzene rings is 2. The van der Waals surface area contributed by atoms with Crippen LogP contribution < -0.4 is 16.4 Å². The van der Waals surface area contributed by atoms with Crippen molar-refractivity contribution in [2.45, 2.75) is 70.6 Å². The Hall–Kier alpha value is -4.42. The number of hydrogen-bond acceptors (Lipinski definition) is 5. The van der Waals surface area contributed by atoms with Gasteiger partial charge in [0.2, 0.25) is 11.8 Å². The minimum absolute atomic E-state index is 0.0561. The zero-order chi connectivity index (χ0) is 33.1. The number of amides is 3. The van der Waals surface area contributed by atoms with Gasteiger partial charge in [0.25, 0.3) is 5.91 Å². The predicted molar refractivity (Wildman–Crippen MR) is 163 cm³/mol. The van der Waals surface area contributed by atoms with Gasteiger partial charge in [0.15, 0.2) is 0 Å². The molecule has 3 amide bonds. The first kappa shape index (κ1) is 31.6. The Morgan fingerprint density at radius 1 is 0.957 bits per heavy atom. The molecule has 2 fully saturated rings. The highest BCUT2D eigenvalue weighted by Gasteiger charge is 2.48. The number of likely N-dealkylation sites (tertiary alicyclic amines) is 1. The minimum Gasteiger partial charge on any atom is -0.382 e. The predicted octanol–water partition coefficient (Wildman–Crippen LogP) is 5.02. The highest BCUT2D eigenvalue weighted by molar-refractivity contribution is 6.06. The molecule has 2 aromatic carbocycles. The molecule has 0 spiro atoms. The van der Waals surface area contributed by atoms with Crippen LogP contribution in [0, 0.1) is 17.2 Å². The van der Waals surface area contributed by atoms with E-state index in [-0.39, 0.29) is 42.4 Å². The largest absolute Gasteiger partial charge is 0.471 e. The maximum absolute atomic E-state index is 14.3. The summed E-state index contributed by atoms with van der Waals surface area (Å²) in [5.74, 6) is -4.13. The van der Waals surface area contributed by atoms with Gasteiger partial charge in [-0.3, -0.25) is 23.7 Å². The molecule has 0 atom stereocenters. The van der Waals surface area contributed by atoms with Crippen LogP contribution in [0.3, 0.4) is 0 Å². The summed E-state index contributed by atoms with van der Waals surface area (Å²) in [7, 11) is 0. The maximum atomic E-state index is 14.3. The Labute approximate surface area is 262 Å². The smallest absolute Gasteiger partial charge is 0.382 e. The monoisotopic (exact) mass is 641 g/mol. The van der Waals surface area contributed by atoms with Crippen molar-refractivity contribution in [1.29, 1.82) is 0 Å². The van der Waals surface area contributed by atoms with E-state index in [0.717, 1.165) is 22.2 Å². The number of rotatable bonds is 6. The molecule has 13 heteroatoms. The topological polar surface area (TPSA) is 127 Å². The number of fused-ring (bicyclic) bond motifs is 3. The highest BCUT2D eigenvalue weighted by Crippen LogP contribution is 2.44. The molecule has 3 heterocycles. The minimum atomic E-state index is -4.95. The number of aromatic nitrogens is 1. The first-order chi connectivity index (χ1) is 21.6. The Balaban J connectivity index is 1.18. The van der Waals surface area contributed by atoms with Crippen LogP contribution in [0.2, 0.25) is 0 Å². The second kappa shape index (κ2) is 11.4. The van der Waals surface area contributed by atoms with Crippen molar-refractivity contribution in [1.82, 2.24) is 14.8 Å². The molecule has 0 unspecified atom stereocenters. The van der Waals surface area contributed by atoms with Crippen molar-refractivity contribution in [3.8, 4) is 11.1 Å². The van der Waals surface area contributed by atoms with Crippen molar-refractivity contribution in [2.24, 2.45) is 17.1 Å². The van der Waals surface area contributed by atoms with Gasteiger partial charge in [0, 0.05) is 53.9 Å². The third-order valence-corrected chi connectivity index (χ3v) is 9.34. The van der Waals surface area contributed by atoms with E-state index >= 15 is 0 Å².